The Bertz CT molecular complexity index is 638. The molecule has 0 saturated heterocycles. The monoisotopic (exact) mass is 313 g/mol. The van der Waals surface area contributed by atoms with Crippen LogP contribution in [0, 0.1) is 0 Å². The molecule has 0 amide bonds. The molecule has 0 bridgehead atoms. The zero-order valence-corrected chi connectivity index (χ0v) is 12.9. The van der Waals surface area contributed by atoms with Crippen molar-refractivity contribution < 1.29 is 19.4 Å². The molecule has 0 unspecified atom stereocenters. The third kappa shape index (κ3) is 5.56. The van der Waals surface area contributed by atoms with Crippen LogP contribution in [-0.4, -0.2) is 37.2 Å². The molecule has 0 saturated carbocycles. The molecule has 0 aliphatic carbocycles. The van der Waals surface area contributed by atoms with Crippen LogP contribution in [0.1, 0.15) is 11.1 Å². The van der Waals surface area contributed by atoms with Gasteiger partial charge < -0.3 is 14.6 Å². The van der Waals surface area contributed by atoms with E-state index in [1.165, 1.54) is 0 Å². The number of carbonyl (C=O) groups is 1. The Morgan fingerprint density at radius 1 is 1.17 bits per heavy atom. The Kier molecular flexibility index (Phi) is 6.32. The van der Waals surface area contributed by atoms with Gasteiger partial charge in [-0.2, -0.15) is 0 Å². The zero-order chi connectivity index (χ0) is 16.5. The van der Waals surface area contributed by atoms with E-state index < -0.39 is 12.0 Å². The van der Waals surface area contributed by atoms with Crippen LogP contribution in [0.4, 0.5) is 0 Å². The summed E-state index contributed by atoms with van der Waals surface area (Å²) >= 11 is 0. The minimum atomic E-state index is -0.947. The van der Waals surface area contributed by atoms with E-state index >= 15 is 0 Å². The first-order valence-electron chi connectivity index (χ1n) is 7.21. The largest absolute Gasteiger partial charge is 0.480 e. The van der Waals surface area contributed by atoms with Crippen LogP contribution >= 0.6 is 0 Å². The summed E-state index contributed by atoms with van der Waals surface area (Å²) in [6.45, 7) is 0.179. The summed E-state index contributed by atoms with van der Waals surface area (Å²) in [6, 6.07) is 15.8. The third-order valence-corrected chi connectivity index (χ3v) is 3.18. The van der Waals surface area contributed by atoms with Crippen molar-refractivity contribution in [3.8, 4) is 5.75 Å². The lowest BCUT2D eigenvalue weighted by Gasteiger charge is -2.09. The number of benzene rings is 2. The Labute approximate surface area is 135 Å². The fourth-order valence-corrected chi connectivity index (χ4v) is 1.99. The van der Waals surface area contributed by atoms with Gasteiger partial charge in [-0.3, -0.25) is 4.99 Å². The van der Waals surface area contributed by atoms with Gasteiger partial charge in [-0.25, -0.2) is 4.79 Å². The van der Waals surface area contributed by atoms with Gasteiger partial charge in [0, 0.05) is 19.7 Å². The minimum Gasteiger partial charge on any atom is -0.480 e. The topological polar surface area (TPSA) is 68.1 Å². The smallest absolute Gasteiger partial charge is 0.328 e. The molecule has 5 heteroatoms. The fraction of sp³-hybridized carbons (Fsp3) is 0.222. The highest BCUT2D eigenvalue weighted by molar-refractivity contribution is 5.83. The number of nitrogens with zero attached hydrogens (tertiary/aromatic N) is 1. The minimum absolute atomic E-state index is 0.179. The normalized spacial score (nSPS) is 12.2. The molecule has 1 atom stereocenters. The molecule has 0 spiro atoms. The molecule has 23 heavy (non-hydrogen) atoms. The number of methoxy groups -OCH3 is 1. The van der Waals surface area contributed by atoms with E-state index in [0.29, 0.717) is 12.2 Å². The van der Waals surface area contributed by atoms with Crippen molar-refractivity contribution >= 4 is 12.2 Å². The highest BCUT2D eigenvalue weighted by Crippen LogP contribution is 2.14. The Balaban J connectivity index is 2.02. The molecule has 0 aliphatic rings. The maximum Gasteiger partial charge on any atom is 0.328 e. The summed E-state index contributed by atoms with van der Waals surface area (Å²) < 4.78 is 10.1. The van der Waals surface area contributed by atoms with Crippen molar-refractivity contribution in [1.82, 2.24) is 0 Å². The van der Waals surface area contributed by atoms with Gasteiger partial charge in [-0.1, -0.05) is 42.5 Å². The van der Waals surface area contributed by atoms with Gasteiger partial charge in [0.05, 0.1) is 0 Å². The lowest BCUT2D eigenvalue weighted by atomic mass is 10.1. The Morgan fingerprint density at radius 2 is 1.87 bits per heavy atom. The number of hydrogen-bond donors (Lipinski definition) is 1. The summed E-state index contributed by atoms with van der Waals surface area (Å²) in [4.78, 5) is 15.6. The molecule has 1 N–H and O–H groups in total. The van der Waals surface area contributed by atoms with Crippen LogP contribution in [-0.2, 0) is 16.0 Å². The average molecular weight is 313 g/mol. The van der Waals surface area contributed by atoms with Gasteiger partial charge in [-0.05, 0) is 23.3 Å². The van der Waals surface area contributed by atoms with Crippen molar-refractivity contribution in [1.29, 1.82) is 0 Å². The number of carboxylic acids is 1. The highest BCUT2D eigenvalue weighted by Gasteiger charge is 2.16. The van der Waals surface area contributed by atoms with E-state index in [0.717, 1.165) is 11.1 Å². The molecule has 120 valence electrons. The first-order valence-corrected chi connectivity index (χ1v) is 7.21. The molecule has 5 nitrogen and oxygen atoms in total. The Morgan fingerprint density at radius 3 is 2.48 bits per heavy atom. The maximum atomic E-state index is 11.4. The molecule has 0 radical (unpaired) electrons. The third-order valence-electron chi connectivity index (χ3n) is 3.18. The second-order valence-electron chi connectivity index (χ2n) is 4.94. The van der Waals surface area contributed by atoms with Crippen molar-refractivity contribution in [2.75, 3.05) is 13.9 Å². The van der Waals surface area contributed by atoms with Gasteiger partial charge in [0.2, 0.25) is 0 Å². The predicted molar refractivity (Wildman–Crippen MR) is 88.1 cm³/mol. The van der Waals surface area contributed by atoms with E-state index in [-0.39, 0.29) is 6.79 Å². The number of ether oxygens (including phenoxy) is 2. The summed E-state index contributed by atoms with van der Waals surface area (Å²) in [7, 11) is 1.55. The first-order chi connectivity index (χ1) is 11.2. The first kappa shape index (κ1) is 16.7. The van der Waals surface area contributed by atoms with E-state index in [2.05, 4.69) is 4.99 Å². The molecule has 0 fully saturated rings. The fourth-order valence-electron chi connectivity index (χ4n) is 1.99. The van der Waals surface area contributed by atoms with E-state index in [4.69, 9.17) is 9.47 Å². The number of carboxylic acid groups (broad SMARTS) is 1. The summed E-state index contributed by atoms with van der Waals surface area (Å²) in [6.07, 6.45) is 1.91. The predicted octanol–water partition coefficient (Wildman–Crippen LogP) is 2.78. The molecular weight excluding hydrogens is 294 g/mol. The van der Waals surface area contributed by atoms with Crippen molar-refractivity contribution in [3.05, 3.63) is 65.7 Å². The second-order valence-corrected chi connectivity index (χ2v) is 4.94. The molecular formula is C18H19NO4. The van der Waals surface area contributed by atoms with Crippen LogP contribution in [0.15, 0.2) is 59.6 Å². The highest BCUT2D eigenvalue weighted by atomic mass is 16.7. The van der Waals surface area contributed by atoms with Gasteiger partial charge in [0.25, 0.3) is 0 Å². The van der Waals surface area contributed by atoms with Crippen LogP contribution < -0.4 is 4.74 Å². The van der Waals surface area contributed by atoms with Gasteiger partial charge in [0.1, 0.15) is 5.75 Å². The van der Waals surface area contributed by atoms with Gasteiger partial charge in [-0.15, -0.1) is 0 Å². The molecule has 0 heterocycles. The molecule has 2 aromatic carbocycles. The zero-order valence-electron chi connectivity index (χ0n) is 12.9. The second kappa shape index (κ2) is 8.70. The van der Waals surface area contributed by atoms with Crippen LogP contribution in [0.5, 0.6) is 5.75 Å². The average Bonchev–Trinajstić information content (AvgIpc) is 2.58. The van der Waals surface area contributed by atoms with E-state index in [1.54, 1.807) is 25.5 Å². The van der Waals surface area contributed by atoms with Crippen LogP contribution in [0.2, 0.25) is 0 Å². The molecule has 2 rings (SSSR count). The Hall–Kier alpha value is -2.66. The van der Waals surface area contributed by atoms with Gasteiger partial charge >= 0.3 is 5.97 Å². The maximum absolute atomic E-state index is 11.4. The lowest BCUT2D eigenvalue weighted by molar-refractivity contribution is -0.138. The van der Waals surface area contributed by atoms with Crippen LogP contribution in [0.3, 0.4) is 0 Å². The van der Waals surface area contributed by atoms with Gasteiger partial charge in [0.15, 0.2) is 12.8 Å². The van der Waals surface area contributed by atoms with Crippen molar-refractivity contribution in [2.24, 2.45) is 4.99 Å². The summed E-state index contributed by atoms with van der Waals surface area (Å²) in [5.41, 5.74) is 1.76. The number of aliphatic imine (C=N–C) groups is 1. The standard InChI is InChI=1S/C18H19NO4/c1-22-13-23-16-9-7-14(8-10-16)11-17(18(20)21)19-12-15-5-3-2-4-6-15/h2-10,12,17H,11,13H2,1H3,(H,20,21)/t17-/m0/s1. The van der Waals surface area contributed by atoms with Crippen molar-refractivity contribution in [2.45, 2.75) is 12.5 Å². The number of aliphatic carboxylic acids is 1. The molecule has 2 aromatic rings. The SMILES string of the molecule is COCOc1ccc(C[C@H](N=Cc2ccccc2)C(=O)O)cc1. The number of hydrogen-bond acceptors (Lipinski definition) is 4. The lowest BCUT2D eigenvalue weighted by Crippen LogP contribution is -2.20. The van der Waals surface area contributed by atoms with Crippen LogP contribution in [0.25, 0.3) is 0 Å². The number of rotatable bonds is 8. The molecule has 0 aromatic heterocycles. The van der Waals surface area contributed by atoms with Crippen molar-refractivity contribution in [3.63, 3.8) is 0 Å². The summed E-state index contributed by atoms with van der Waals surface area (Å²) in [5, 5.41) is 9.33. The summed E-state index contributed by atoms with van der Waals surface area (Å²) in [5.74, 6) is -0.271. The van der Waals surface area contributed by atoms with E-state index in [1.807, 2.05) is 42.5 Å². The molecule has 0 aliphatic heterocycles. The quantitative estimate of drug-likeness (QED) is 0.601. The van der Waals surface area contributed by atoms with E-state index in [9.17, 15) is 9.90 Å².